The molecule has 2 aliphatic rings. The van der Waals surface area contributed by atoms with Crippen LogP contribution in [0.3, 0.4) is 0 Å². The van der Waals surface area contributed by atoms with Crippen molar-refractivity contribution in [2.75, 3.05) is 18.0 Å². The van der Waals surface area contributed by atoms with Crippen LogP contribution in [0.2, 0.25) is 0 Å². The molecule has 0 aliphatic carbocycles. The Hall–Kier alpha value is -2.54. The molecule has 2 aromatic rings. The summed E-state index contributed by atoms with van der Waals surface area (Å²) in [5.74, 6) is 1.02. The van der Waals surface area contributed by atoms with Gasteiger partial charge in [0, 0.05) is 29.7 Å². The summed E-state index contributed by atoms with van der Waals surface area (Å²) < 4.78 is 6.81. The van der Waals surface area contributed by atoms with Gasteiger partial charge in [0.2, 0.25) is 0 Å². The van der Waals surface area contributed by atoms with E-state index in [9.17, 15) is 9.59 Å². The number of rotatable bonds is 4. The van der Waals surface area contributed by atoms with Gasteiger partial charge in [-0.05, 0) is 43.0 Å². The number of hydrogen-bond donors (Lipinski definition) is 1. The average molecular weight is 430 g/mol. The Kier molecular flexibility index (Phi) is 5.03. The first-order valence-corrected chi connectivity index (χ1v) is 9.83. The molecule has 0 spiro atoms. The summed E-state index contributed by atoms with van der Waals surface area (Å²) in [6.45, 7) is 2.20. The van der Waals surface area contributed by atoms with Gasteiger partial charge in [-0.15, -0.1) is 0 Å². The summed E-state index contributed by atoms with van der Waals surface area (Å²) in [6.07, 6.45) is 5.17. The molecule has 2 saturated heterocycles. The van der Waals surface area contributed by atoms with Gasteiger partial charge in [0.05, 0.1) is 6.54 Å². The maximum absolute atomic E-state index is 12.6. The number of carbonyl (C=O) groups excluding carboxylic acids is 2. The van der Waals surface area contributed by atoms with Crippen molar-refractivity contribution in [1.29, 1.82) is 0 Å². The van der Waals surface area contributed by atoms with Gasteiger partial charge in [0.15, 0.2) is 5.88 Å². The van der Waals surface area contributed by atoms with E-state index in [2.05, 4.69) is 26.1 Å². The monoisotopic (exact) mass is 429 g/mol. The Balaban J connectivity index is 1.47. The summed E-state index contributed by atoms with van der Waals surface area (Å²) in [6, 6.07) is 10.8. The molecule has 3 heterocycles. The number of imide groups is 1. The normalized spacial score (nSPS) is 19.1. The standard InChI is InChI=1S/C20H20BrN3O3/c21-15-6-4-14(5-7-15)13-24-19(25)17(22-20(24)26)12-16-8-9-18(27-16)23-10-2-1-3-11-23/h4-9,12H,1-3,10-11,13H2,(H,22,26)/b17-12+. The summed E-state index contributed by atoms with van der Waals surface area (Å²) in [5, 5.41) is 2.64. The van der Waals surface area contributed by atoms with Crippen LogP contribution in [-0.2, 0) is 11.3 Å². The van der Waals surface area contributed by atoms with Crippen LogP contribution in [0.1, 0.15) is 30.6 Å². The van der Waals surface area contributed by atoms with Crippen LogP contribution in [-0.4, -0.2) is 29.9 Å². The van der Waals surface area contributed by atoms with E-state index in [0.29, 0.717) is 5.76 Å². The molecule has 3 amide bonds. The molecular weight excluding hydrogens is 410 g/mol. The van der Waals surface area contributed by atoms with Crippen LogP contribution in [0.25, 0.3) is 6.08 Å². The van der Waals surface area contributed by atoms with Crippen LogP contribution in [0.4, 0.5) is 10.7 Å². The van der Waals surface area contributed by atoms with Crippen molar-refractivity contribution < 1.29 is 14.0 Å². The van der Waals surface area contributed by atoms with E-state index in [1.165, 1.54) is 11.3 Å². The third-order valence-electron chi connectivity index (χ3n) is 4.78. The minimum Gasteiger partial charge on any atom is -0.441 e. The first kappa shape index (κ1) is 17.9. The highest BCUT2D eigenvalue weighted by atomic mass is 79.9. The van der Waals surface area contributed by atoms with E-state index in [1.54, 1.807) is 6.08 Å². The molecule has 140 valence electrons. The van der Waals surface area contributed by atoms with Gasteiger partial charge in [0.1, 0.15) is 11.5 Å². The molecule has 0 unspecified atom stereocenters. The van der Waals surface area contributed by atoms with E-state index in [-0.39, 0.29) is 18.1 Å². The average Bonchev–Trinajstić information content (AvgIpc) is 3.25. The zero-order valence-electron chi connectivity index (χ0n) is 14.8. The van der Waals surface area contributed by atoms with Crippen molar-refractivity contribution in [3.8, 4) is 0 Å². The lowest BCUT2D eigenvalue weighted by molar-refractivity contribution is -0.123. The van der Waals surface area contributed by atoms with E-state index in [1.807, 2.05) is 36.4 Å². The molecule has 1 aromatic carbocycles. The molecule has 2 fully saturated rings. The van der Waals surface area contributed by atoms with Gasteiger partial charge in [-0.1, -0.05) is 28.1 Å². The highest BCUT2D eigenvalue weighted by Gasteiger charge is 2.33. The third kappa shape index (κ3) is 3.93. The van der Waals surface area contributed by atoms with Gasteiger partial charge >= 0.3 is 6.03 Å². The molecule has 4 rings (SSSR count). The number of hydrogen-bond acceptors (Lipinski definition) is 4. The van der Waals surface area contributed by atoms with Gasteiger partial charge in [-0.25, -0.2) is 4.79 Å². The summed E-state index contributed by atoms with van der Waals surface area (Å²) in [5.41, 5.74) is 1.12. The fourth-order valence-electron chi connectivity index (χ4n) is 3.33. The molecule has 0 atom stereocenters. The number of amides is 3. The van der Waals surface area contributed by atoms with E-state index in [0.717, 1.165) is 41.9 Å². The van der Waals surface area contributed by atoms with Crippen molar-refractivity contribution in [2.45, 2.75) is 25.8 Å². The van der Waals surface area contributed by atoms with E-state index < -0.39 is 6.03 Å². The predicted molar refractivity (Wildman–Crippen MR) is 106 cm³/mol. The lowest BCUT2D eigenvalue weighted by Crippen LogP contribution is -2.30. The van der Waals surface area contributed by atoms with Crippen LogP contribution >= 0.6 is 15.9 Å². The van der Waals surface area contributed by atoms with Crippen molar-refractivity contribution >= 4 is 39.8 Å². The maximum Gasteiger partial charge on any atom is 0.329 e. The summed E-state index contributed by atoms with van der Waals surface area (Å²) >= 11 is 3.38. The minimum atomic E-state index is -0.419. The molecule has 0 saturated carbocycles. The largest absolute Gasteiger partial charge is 0.441 e. The fourth-order valence-corrected chi connectivity index (χ4v) is 3.60. The molecule has 7 heteroatoms. The van der Waals surface area contributed by atoms with Crippen molar-refractivity contribution in [3.63, 3.8) is 0 Å². The number of carbonyl (C=O) groups is 2. The molecule has 2 aliphatic heterocycles. The molecule has 0 bridgehead atoms. The molecule has 1 aromatic heterocycles. The summed E-state index contributed by atoms with van der Waals surface area (Å²) in [7, 11) is 0. The molecule has 0 radical (unpaired) electrons. The van der Waals surface area contributed by atoms with Crippen LogP contribution in [0.5, 0.6) is 0 Å². The number of benzene rings is 1. The van der Waals surface area contributed by atoms with Crippen molar-refractivity contribution in [2.24, 2.45) is 0 Å². The molecular formula is C20H20BrN3O3. The smallest absolute Gasteiger partial charge is 0.329 e. The number of urea groups is 1. The highest BCUT2D eigenvalue weighted by Crippen LogP contribution is 2.25. The van der Waals surface area contributed by atoms with Gasteiger partial charge in [-0.3, -0.25) is 9.69 Å². The topological polar surface area (TPSA) is 65.8 Å². The van der Waals surface area contributed by atoms with Gasteiger partial charge in [0.25, 0.3) is 5.91 Å². The lowest BCUT2D eigenvalue weighted by atomic mass is 10.1. The summed E-state index contributed by atoms with van der Waals surface area (Å²) in [4.78, 5) is 28.2. The molecule has 27 heavy (non-hydrogen) atoms. The van der Waals surface area contributed by atoms with Crippen molar-refractivity contribution in [1.82, 2.24) is 10.2 Å². The Morgan fingerprint density at radius 3 is 2.52 bits per heavy atom. The van der Waals surface area contributed by atoms with Gasteiger partial charge < -0.3 is 14.6 Å². The Labute approximate surface area is 165 Å². The highest BCUT2D eigenvalue weighted by molar-refractivity contribution is 9.10. The number of anilines is 1. The third-order valence-corrected chi connectivity index (χ3v) is 5.31. The van der Waals surface area contributed by atoms with Crippen LogP contribution in [0.15, 0.2) is 51.0 Å². The zero-order chi connectivity index (χ0) is 18.8. The Morgan fingerprint density at radius 1 is 1.04 bits per heavy atom. The first-order chi connectivity index (χ1) is 13.1. The number of nitrogens with one attached hydrogen (secondary N) is 1. The second kappa shape index (κ2) is 7.60. The van der Waals surface area contributed by atoms with Gasteiger partial charge in [-0.2, -0.15) is 0 Å². The van der Waals surface area contributed by atoms with E-state index >= 15 is 0 Å². The minimum absolute atomic E-state index is 0.229. The lowest BCUT2D eigenvalue weighted by Gasteiger charge is -2.25. The fraction of sp³-hybridized carbons (Fsp3) is 0.300. The first-order valence-electron chi connectivity index (χ1n) is 9.04. The van der Waals surface area contributed by atoms with Crippen LogP contribution in [0, 0.1) is 0 Å². The molecule has 6 nitrogen and oxygen atoms in total. The number of piperidine rings is 1. The Bertz CT molecular complexity index is 882. The Morgan fingerprint density at radius 2 is 1.78 bits per heavy atom. The SMILES string of the molecule is O=C1N/C(=C/c2ccc(N3CCCCC3)o2)C(=O)N1Cc1ccc(Br)cc1. The number of furan rings is 1. The number of nitrogens with zero attached hydrogens (tertiary/aromatic N) is 2. The second-order valence-electron chi connectivity index (χ2n) is 6.73. The maximum atomic E-state index is 12.6. The predicted octanol–water partition coefficient (Wildman–Crippen LogP) is 4.13. The number of halogens is 1. The zero-order valence-corrected chi connectivity index (χ0v) is 16.4. The quantitative estimate of drug-likeness (QED) is 0.586. The van der Waals surface area contributed by atoms with E-state index in [4.69, 9.17) is 4.42 Å². The van der Waals surface area contributed by atoms with Crippen LogP contribution < -0.4 is 10.2 Å². The van der Waals surface area contributed by atoms with Crippen molar-refractivity contribution in [3.05, 3.63) is 57.9 Å². The second-order valence-corrected chi connectivity index (χ2v) is 7.65. The molecule has 1 N–H and O–H groups in total.